The smallest absolute Gasteiger partial charge is 0.319 e. The molecule has 3 rings (SSSR count). The van der Waals surface area contributed by atoms with Gasteiger partial charge in [-0.3, -0.25) is 9.58 Å². The van der Waals surface area contributed by atoms with Gasteiger partial charge in [0.1, 0.15) is 6.17 Å². The molecule has 2 atom stereocenters. The SMILES string of the molecule is Cn1cc(NC(=O)NC[C@@H]2C[C@H](F)CN2Cc2cccs2)cn1. The minimum atomic E-state index is -0.830. The van der Waals surface area contributed by atoms with E-state index in [1.54, 1.807) is 35.5 Å². The Morgan fingerprint density at radius 2 is 2.43 bits per heavy atom. The molecule has 0 aromatic carbocycles. The molecule has 1 saturated heterocycles. The zero-order chi connectivity index (χ0) is 16.2. The van der Waals surface area contributed by atoms with Crippen LogP contribution in [0.25, 0.3) is 0 Å². The van der Waals surface area contributed by atoms with E-state index in [4.69, 9.17) is 0 Å². The second-order valence-corrected chi connectivity index (χ2v) is 6.77. The molecule has 8 heteroatoms. The molecule has 3 heterocycles. The van der Waals surface area contributed by atoms with E-state index >= 15 is 0 Å². The molecule has 0 unspecified atom stereocenters. The molecule has 0 bridgehead atoms. The molecule has 1 aliphatic rings. The monoisotopic (exact) mass is 337 g/mol. The van der Waals surface area contributed by atoms with Crippen LogP contribution in [0.5, 0.6) is 0 Å². The van der Waals surface area contributed by atoms with Crippen LogP contribution in [0.1, 0.15) is 11.3 Å². The van der Waals surface area contributed by atoms with Crippen molar-refractivity contribution in [2.24, 2.45) is 7.05 Å². The molecule has 23 heavy (non-hydrogen) atoms. The maximum absolute atomic E-state index is 13.7. The maximum atomic E-state index is 13.7. The van der Waals surface area contributed by atoms with Crippen LogP contribution < -0.4 is 10.6 Å². The minimum Gasteiger partial charge on any atom is -0.336 e. The summed E-state index contributed by atoms with van der Waals surface area (Å²) in [5, 5.41) is 11.5. The quantitative estimate of drug-likeness (QED) is 0.879. The predicted octanol–water partition coefficient (Wildman–Crippen LogP) is 2.22. The Labute approximate surface area is 138 Å². The lowest BCUT2D eigenvalue weighted by molar-refractivity contribution is 0.225. The van der Waals surface area contributed by atoms with Crippen LogP contribution in [0, 0.1) is 0 Å². The van der Waals surface area contributed by atoms with Crippen LogP contribution >= 0.6 is 11.3 Å². The fourth-order valence-electron chi connectivity index (χ4n) is 2.80. The summed E-state index contributed by atoms with van der Waals surface area (Å²) in [4.78, 5) is 15.2. The third-order valence-corrected chi connectivity index (χ3v) is 4.74. The second kappa shape index (κ2) is 7.10. The van der Waals surface area contributed by atoms with Crippen molar-refractivity contribution in [1.82, 2.24) is 20.0 Å². The molecular weight excluding hydrogens is 317 g/mol. The molecule has 0 aliphatic carbocycles. The van der Waals surface area contributed by atoms with Crippen LogP contribution in [0.15, 0.2) is 29.9 Å². The molecule has 124 valence electrons. The largest absolute Gasteiger partial charge is 0.336 e. The van der Waals surface area contributed by atoms with Gasteiger partial charge in [0.15, 0.2) is 0 Å². The summed E-state index contributed by atoms with van der Waals surface area (Å²) < 4.78 is 15.4. The first kappa shape index (κ1) is 15.9. The molecule has 2 aromatic rings. The molecular formula is C15H20FN5OS. The van der Waals surface area contributed by atoms with Gasteiger partial charge >= 0.3 is 6.03 Å². The van der Waals surface area contributed by atoms with Crippen molar-refractivity contribution >= 4 is 23.1 Å². The van der Waals surface area contributed by atoms with Gasteiger partial charge in [0.2, 0.25) is 0 Å². The Balaban J connectivity index is 1.50. The summed E-state index contributed by atoms with van der Waals surface area (Å²) in [6.45, 7) is 1.58. The molecule has 0 saturated carbocycles. The molecule has 2 amide bonds. The van der Waals surface area contributed by atoms with Crippen molar-refractivity contribution in [2.45, 2.75) is 25.2 Å². The minimum absolute atomic E-state index is 0.0201. The van der Waals surface area contributed by atoms with E-state index in [1.165, 1.54) is 4.88 Å². The third-order valence-electron chi connectivity index (χ3n) is 3.88. The van der Waals surface area contributed by atoms with Gasteiger partial charge in [-0.15, -0.1) is 11.3 Å². The summed E-state index contributed by atoms with van der Waals surface area (Å²) in [6, 6.07) is 3.77. The van der Waals surface area contributed by atoms with E-state index in [2.05, 4.69) is 26.7 Å². The van der Waals surface area contributed by atoms with Gasteiger partial charge in [0.05, 0.1) is 11.9 Å². The summed E-state index contributed by atoms with van der Waals surface area (Å²) in [7, 11) is 1.78. The van der Waals surface area contributed by atoms with E-state index in [9.17, 15) is 9.18 Å². The van der Waals surface area contributed by atoms with Crippen LogP contribution in [-0.2, 0) is 13.6 Å². The number of urea groups is 1. The van der Waals surface area contributed by atoms with Gasteiger partial charge < -0.3 is 10.6 Å². The van der Waals surface area contributed by atoms with Crippen molar-refractivity contribution in [1.29, 1.82) is 0 Å². The molecule has 2 aromatic heterocycles. The zero-order valence-electron chi connectivity index (χ0n) is 12.9. The second-order valence-electron chi connectivity index (χ2n) is 5.73. The average molecular weight is 337 g/mol. The Morgan fingerprint density at radius 3 is 3.13 bits per heavy atom. The van der Waals surface area contributed by atoms with Crippen LogP contribution in [0.2, 0.25) is 0 Å². The Hall–Kier alpha value is -1.93. The summed E-state index contributed by atoms with van der Waals surface area (Å²) >= 11 is 1.67. The van der Waals surface area contributed by atoms with Gasteiger partial charge in [0.25, 0.3) is 0 Å². The highest BCUT2D eigenvalue weighted by Crippen LogP contribution is 2.23. The first-order valence-corrected chi connectivity index (χ1v) is 8.42. The number of carbonyl (C=O) groups excluding carboxylic acids is 1. The number of halogens is 1. The number of carbonyl (C=O) groups is 1. The van der Waals surface area contributed by atoms with Crippen molar-refractivity contribution in [3.63, 3.8) is 0 Å². The van der Waals surface area contributed by atoms with Gasteiger partial charge in [-0.1, -0.05) is 6.07 Å². The van der Waals surface area contributed by atoms with Crippen LogP contribution in [0.3, 0.4) is 0 Å². The number of thiophene rings is 1. The van der Waals surface area contributed by atoms with Gasteiger partial charge in [-0.2, -0.15) is 5.10 Å². The number of rotatable bonds is 5. The number of nitrogens with one attached hydrogen (secondary N) is 2. The summed E-state index contributed by atoms with van der Waals surface area (Å²) in [6.07, 6.45) is 2.92. The highest BCUT2D eigenvalue weighted by Gasteiger charge is 2.32. The molecule has 0 spiro atoms. The lowest BCUT2D eigenvalue weighted by atomic mass is 10.2. The number of amides is 2. The standard InChI is InChI=1S/C15H20FN5OS/c1-20-9-12(6-18-20)19-15(22)17-7-13-5-11(16)8-21(13)10-14-3-2-4-23-14/h2-4,6,9,11,13H,5,7-8,10H2,1H3,(H2,17,19,22)/t11-,13-/m0/s1. The molecule has 1 fully saturated rings. The number of nitrogens with zero attached hydrogens (tertiary/aromatic N) is 3. The molecule has 0 radical (unpaired) electrons. The average Bonchev–Trinajstić information content (AvgIpc) is 3.21. The molecule has 1 aliphatic heterocycles. The predicted molar refractivity (Wildman–Crippen MR) is 88.3 cm³/mol. The van der Waals surface area contributed by atoms with Crippen molar-refractivity contribution in [2.75, 3.05) is 18.4 Å². The first-order chi connectivity index (χ1) is 11.1. The van der Waals surface area contributed by atoms with Crippen molar-refractivity contribution < 1.29 is 9.18 Å². The first-order valence-electron chi connectivity index (χ1n) is 7.54. The number of aromatic nitrogens is 2. The van der Waals surface area contributed by atoms with Crippen LogP contribution in [0.4, 0.5) is 14.9 Å². The Morgan fingerprint density at radius 1 is 1.57 bits per heavy atom. The van der Waals surface area contributed by atoms with Crippen molar-refractivity contribution in [3.8, 4) is 0 Å². The molecule has 6 nitrogen and oxygen atoms in total. The highest BCUT2D eigenvalue weighted by atomic mass is 32.1. The number of hydrogen-bond acceptors (Lipinski definition) is 4. The van der Waals surface area contributed by atoms with Gasteiger partial charge in [0, 0.05) is 43.8 Å². The number of alkyl halides is 1. The lowest BCUT2D eigenvalue weighted by Crippen LogP contribution is -2.41. The number of anilines is 1. The van der Waals surface area contributed by atoms with E-state index in [0.29, 0.717) is 25.2 Å². The number of likely N-dealkylation sites (tertiary alicyclic amines) is 1. The van der Waals surface area contributed by atoms with Gasteiger partial charge in [-0.25, -0.2) is 9.18 Å². The van der Waals surface area contributed by atoms with E-state index in [0.717, 1.165) is 6.54 Å². The fraction of sp³-hybridized carbons (Fsp3) is 0.467. The maximum Gasteiger partial charge on any atom is 0.319 e. The summed E-state index contributed by atoms with van der Waals surface area (Å²) in [5.41, 5.74) is 0.634. The lowest BCUT2D eigenvalue weighted by Gasteiger charge is -2.23. The third kappa shape index (κ3) is 4.29. The van der Waals surface area contributed by atoms with E-state index < -0.39 is 6.17 Å². The summed E-state index contributed by atoms with van der Waals surface area (Å²) in [5.74, 6) is 0. The number of hydrogen-bond donors (Lipinski definition) is 2. The topological polar surface area (TPSA) is 62.2 Å². The van der Waals surface area contributed by atoms with E-state index in [1.807, 2.05) is 11.4 Å². The highest BCUT2D eigenvalue weighted by molar-refractivity contribution is 7.09. The van der Waals surface area contributed by atoms with E-state index in [-0.39, 0.29) is 12.1 Å². The normalized spacial score (nSPS) is 21.5. The number of aryl methyl sites for hydroxylation is 1. The van der Waals surface area contributed by atoms with Crippen LogP contribution in [-0.4, -0.2) is 46.0 Å². The fourth-order valence-corrected chi connectivity index (χ4v) is 3.53. The molecule has 2 N–H and O–H groups in total. The van der Waals surface area contributed by atoms with Crippen molar-refractivity contribution in [3.05, 3.63) is 34.8 Å². The Kier molecular flexibility index (Phi) is 4.92. The Bertz CT molecular complexity index is 644. The zero-order valence-corrected chi connectivity index (χ0v) is 13.7. The van der Waals surface area contributed by atoms with Gasteiger partial charge in [-0.05, 0) is 17.9 Å².